The minimum absolute atomic E-state index is 0.0202. The smallest absolute Gasteiger partial charge is 0.354 e. The summed E-state index contributed by atoms with van der Waals surface area (Å²) in [4.78, 5) is 19.6. The molecule has 0 saturated heterocycles. The Labute approximate surface area is 150 Å². The molecule has 2 aromatic heterocycles. The summed E-state index contributed by atoms with van der Waals surface area (Å²) in [6.07, 6.45) is 4.62. The lowest BCUT2D eigenvalue weighted by Gasteiger charge is -2.10. The Balaban J connectivity index is 2.68. The fraction of sp³-hybridized carbons (Fsp3) is 0.294. The molecule has 0 unspecified atom stereocenters. The average molecular weight is 362 g/mol. The first-order chi connectivity index (χ1) is 11.9. The van der Waals surface area contributed by atoms with Gasteiger partial charge in [-0.25, -0.2) is 19.4 Å². The van der Waals surface area contributed by atoms with Gasteiger partial charge in [0, 0.05) is 17.3 Å². The maximum absolute atomic E-state index is 11.7. The molecule has 25 heavy (non-hydrogen) atoms. The first-order valence-corrected chi connectivity index (χ1v) is 8.23. The first kappa shape index (κ1) is 18.7. The largest absolute Gasteiger partial charge is 0.477 e. The molecule has 0 atom stereocenters. The van der Waals surface area contributed by atoms with E-state index in [0.29, 0.717) is 28.5 Å². The third-order valence-electron chi connectivity index (χ3n) is 3.69. The van der Waals surface area contributed by atoms with E-state index in [0.717, 1.165) is 12.0 Å². The summed E-state index contributed by atoms with van der Waals surface area (Å²) in [7, 11) is 0. The summed E-state index contributed by atoms with van der Waals surface area (Å²) in [5.41, 5.74) is 8.08. The quantitative estimate of drug-likeness (QED) is 0.758. The van der Waals surface area contributed by atoms with Gasteiger partial charge in [0.2, 0.25) is 5.95 Å². The molecule has 0 aliphatic heterocycles. The molecule has 2 rings (SSSR count). The number of nitrogen functional groups attached to an aromatic ring is 1. The van der Waals surface area contributed by atoms with Crippen LogP contribution in [0.1, 0.15) is 44.1 Å². The highest BCUT2D eigenvalue weighted by Crippen LogP contribution is 2.25. The number of nitrogens with two attached hydrogens (primary N) is 1. The summed E-state index contributed by atoms with van der Waals surface area (Å²) < 4.78 is 1.38. The van der Waals surface area contributed by atoms with Crippen molar-refractivity contribution in [2.75, 3.05) is 5.73 Å². The number of anilines is 1. The number of aromatic carboxylic acids is 1. The Morgan fingerprint density at radius 2 is 2.08 bits per heavy atom. The van der Waals surface area contributed by atoms with Gasteiger partial charge in [-0.1, -0.05) is 25.4 Å². The van der Waals surface area contributed by atoms with Gasteiger partial charge >= 0.3 is 5.97 Å². The van der Waals surface area contributed by atoms with Crippen LogP contribution in [0.15, 0.2) is 35.0 Å². The van der Waals surface area contributed by atoms with E-state index in [1.54, 1.807) is 12.1 Å². The van der Waals surface area contributed by atoms with Crippen LogP contribution < -0.4 is 5.73 Å². The van der Waals surface area contributed by atoms with Crippen molar-refractivity contribution in [3.8, 4) is 11.4 Å². The Kier molecular flexibility index (Phi) is 5.93. The number of nitrogens with zero attached hydrogens (tertiary/aromatic N) is 4. The van der Waals surface area contributed by atoms with Crippen LogP contribution in [0, 0.1) is 0 Å². The highest BCUT2D eigenvalue weighted by molar-refractivity contribution is 6.30. The lowest BCUT2D eigenvalue weighted by Crippen LogP contribution is -2.10. The fourth-order valence-electron chi connectivity index (χ4n) is 2.16. The average Bonchev–Trinajstić information content (AvgIpc) is 3.04. The number of hydrogen-bond acceptors (Lipinski definition) is 5. The topological polar surface area (TPSA) is 107 Å². The molecule has 2 aromatic rings. The molecule has 8 heteroatoms. The number of rotatable bonds is 6. The number of hydrogen-bond donors (Lipinski definition) is 2. The van der Waals surface area contributed by atoms with Crippen molar-refractivity contribution in [1.82, 2.24) is 19.7 Å². The van der Waals surface area contributed by atoms with Crippen molar-refractivity contribution < 1.29 is 9.90 Å². The Bertz CT molecular complexity index is 854. The molecular formula is C17H20ClN5O2. The van der Waals surface area contributed by atoms with Crippen LogP contribution in [-0.4, -0.2) is 30.8 Å². The highest BCUT2D eigenvalue weighted by Gasteiger charge is 2.19. The van der Waals surface area contributed by atoms with Crippen LogP contribution in [0.25, 0.3) is 17.1 Å². The van der Waals surface area contributed by atoms with Crippen molar-refractivity contribution >= 4 is 29.2 Å². The minimum atomic E-state index is -1.09. The van der Waals surface area contributed by atoms with Crippen molar-refractivity contribution in [3.05, 3.63) is 40.7 Å². The van der Waals surface area contributed by atoms with Crippen molar-refractivity contribution in [1.29, 1.82) is 0 Å². The van der Waals surface area contributed by atoms with Crippen LogP contribution in [0.5, 0.6) is 0 Å². The number of aromatic nitrogens is 4. The zero-order chi connectivity index (χ0) is 18.6. The highest BCUT2D eigenvalue weighted by atomic mass is 35.5. The second-order valence-corrected chi connectivity index (χ2v) is 5.88. The van der Waals surface area contributed by atoms with E-state index >= 15 is 0 Å². The standard InChI is InChI=1S/C17H20ClN5O2/c1-4-10(3)14(8-11(18)5-2)23-15(16(24)25)9-13(22-23)12-6-7-20-17(19)21-12/h6-9H,4-5H2,1-3H3,(H,24,25)(H2,19,20,21)/b11-8+,14-10+. The normalized spacial score (nSPS) is 12.9. The van der Waals surface area contributed by atoms with Crippen LogP contribution >= 0.6 is 11.6 Å². The lowest BCUT2D eigenvalue weighted by molar-refractivity contribution is 0.0687. The van der Waals surface area contributed by atoms with Crippen molar-refractivity contribution in [2.24, 2.45) is 0 Å². The minimum Gasteiger partial charge on any atom is -0.477 e. The van der Waals surface area contributed by atoms with E-state index in [1.165, 1.54) is 16.9 Å². The molecule has 132 valence electrons. The number of carbonyl (C=O) groups is 1. The SMILES string of the molecule is CC/C(Cl)=C\C(=C(\C)CC)n1nc(-c2ccnc(N)n2)cc1C(=O)O. The van der Waals surface area contributed by atoms with Gasteiger partial charge in [0.1, 0.15) is 5.69 Å². The molecule has 0 aromatic carbocycles. The molecule has 0 aliphatic carbocycles. The molecule has 0 aliphatic rings. The maximum Gasteiger partial charge on any atom is 0.354 e. The molecule has 0 amide bonds. The zero-order valence-corrected chi connectivity index (χ0v) is 15.1. The Hall–Kier alpha value is -2.67. The van der Waals surface area contributed by atoms with E-state index in [4.69, 9.17) is 17.3 Å². The van der Waals surface area contributed by atoms with Gasteiger partial charge in [-0.15, -0.1) is 0 Å². The molecule has 0 bridgehead atoms. The van der Waals surface area contributed by atoms with Crippen molar-refractivity contribution in [3.63, 3.8) is 0 Å². The van der Waals surface area contributed by atoms with Crippen molar-refractivity contribution in [2.45, 2.75) is 33.6 Å². The van der Waals surface area contributed by atoms with Crippen LogP contribution in [0.4, 0.5) is 5.95 Å². The third kappa shape index (κ3) is 4.24. The predicted molar refractivity (Wildman–Crippen MR) is 98.0 cm³/mol. The second kappa shape index (κ2) is 7.94. The Morgan fingerprint density at radius 1 is 1.36 bits per heavy atom. The van der Waals surface area contributed by atoms with E-state index < -0.39 is 5.97 Å². The van der Waals surface area contributed by atoms with Crippen LogP contribution in [-0.2, 0) is 0 Å². The first-order valence-electron chi connectivity index (χ1n) is 7.85. The molecule has 0 fully saturated rings. The molecule has 0 saturated carbocycles. The third-order valence-corrected chi connectivity index (χ3v) is 4.07. The Morgan fingerprint density at radius 3 is 2.64 bits per heavy atom. The van der Waals surface area contributed by atoms with E-state index in [-0.39, 0.29) is 11.6 Å². The van der Waals surface area contributed by atoms with Crippen LogP contribution in [0.2, 0.25) is 0 Å². The molecule has 0 radical (unpaired) electrons. The zero-order valence-electron chi connectivity index (χ0n) is 14.3. The second-order valence-electron chi connectivity index (χ2n) is 5.40. The van der Waals surface area contributed by atoms with Gasteiger partial charge < -0.3 is 10.8 Å². The molecule has 7 nitrogen and oxygen atoms in total. The van der Waals surface area contributed by atoms with E-state index in [1.807, 2.05) is 20.8 Å². The predicted octanol–water partition coefficient (Wildman–Crippen LogP) is 3.79. The van der Waals surface area contributed by atoms with Gasteiger partial charge in [-0.3, -0.25) is 0 Å². The van der Waals surface area contributed by atoms with Gasteiger partial charge in [0.15, 0.2) is 5.69 Å². The summed E-state index contributed by atoms with van der Waals surface area (Å²) in [5, 5.41) is 14.6. The molecule has 0 spiro atoms. The molecular weight excluding hydrogens is 342 g/mol. The summed E-state index contributed by atoms with van der Waals surface area (Å²) in [6.45, 7) is 5.83. The molecule has 2 heterocycles. The summed E-state index contributed by atoms with van der Waals surface area (Å²) >= 11 is 6.19. The van der Waals surface area contributed by atoms with E-state index in [2.05, 4.69) is 15.1 Å². The van der Waals surface area contributed by atoms with E-state index in [9.17, 15) is 9.90 Å². The van der Waals surface area contributed by atoms with Gasteiger partial charge in [-0.2, -0.15) is 5.10 Å². The lowest BCUT2D eigenvalue weighted by atomic mass is 10.1. The summed E-state index contributed by atoms with van der Waals surface area (Å²) in [6, 6.07) is 3.08. The fourth-order valence-corrected chi connectivity index (χ4v) is 2.26. The van der Waals surface area contributed by atoms with Crippen LogP contribution in [0.3, 0.4) is 0 Å². The maximum atomic E-state index is 11.7. The number of carboxylic acids is 1. The monoisotopic (exact) mass is 361 g/mol. The number of allylic oxidation sites excluding steroid dienone is 4. The number of carboxylic acid groups (broad SMARTS) is 1. The van der Waals surface area contributed by atoms with Gasteiger partial charge in [-0.05, 0) is 37.5 Å². The number of halogens is 1. The van der Waals surface area contributed by atoms with Gasteiger partial charge in [0.05, 0.1) is 11.4 Å². The summed E-state index contributed by atoms with van der Waals surface area (Å²) in [5.74, 6) is -0.999. The molecule has 3 N–H and O–H groups in total. The van der Waals surface area contributed by atoms with Gasteiger partial charge in [0.25, 0.3) is 0 Å².